The van der Waals surface area contributed by atoms with Crippen LogP contribution in [0.15, 0.2) is 59.8 Å². The minimum atomic E-state index is -0.00925. The van der Waals surface area contributed by atoms with Crippen molar-refractivity contribution in [2.45, 2.75) is 31.5 Å². The van der Waals surface area contributed by atoms with Crippen LogP contribution in [0.1, 0.15) is 20.3 Å². The van der Waals surface area contributed by atoms with Gasteiger partial charge in [0.05, 0.1) is 5.75 Å². The summed E-state index contributed by atoms with van der Waals surface area (Å²) in [6.45, 7) is 4.04. The first-order chi connectivity index (χ1) is 13.1. The van der Waals surface area contributed by atoms with Crippen molar-refractivity contribution >= 4 is 29.3 Å². The molecule has 1 N–H and O–H groups in total. The molecule has 27 heavy (non-hydrogen) atoms. The second-order valence-electron chi connectivity index (χ2n) is 6.15. The molecule has 0 bridgehead atoms. The van der Waals surface area contributed by atoms with Gasteiger partial charge in [-0.2, -0.15) is 0 Å². The zero-order valence-corrected chi connectivity index (χ0v) is 16.8. The number of nitrogens with zero attached hydrogens (tertiary/aromatic N) is 3. The summed E-state index contributed by atoms with van der Waals surface area (Å²) in [7, 11) is 0. The predicted molar refractivity (Wildman–Crippen MR) is 110 cm³/mol. The van der Waals surface area contributed by atoms with Gasteiger partial charge in [0.25, 0.3) is 0 Å². The summed E-state index contributed by atoms with van der Waals surface area (Å²) < 4.78 is 1.96. The van der Waals surface area contributed by atoms with E-state index in [0.29, 0.717) is 16.0 Å². The van der Waals surface area contributed by atoms with Gasteiger partial charge in [-0.3, -0.25) is 9.36 Å². The van der Waals surface area contributed by atoms with Crippen molar-refractivity contribution in [1.82, 2.24) is 20.1 Å². The Morgan fingerprint density at radius 3 is 2.52 bits per heavy atom. The van der Waals surface area contributed by atoms with Gasteiger partial charge < -0.3 is 5.32 Å². The first kappa shape index (κ1) is 19.5. The van der Waals surface area contributed by atoms with E-state index in [4.69, 9.17) is 11.6 Å². The summed E-state index contributed by atoms with van der Waals surface area (Å²) in [6.07, 6.45) is 0.900. The van der Waals surface area contributed by atoms with Crippen LogP contribution in [0.5, 0.6) is 0 Å². The number of thioether (sulfide) groups is 1. The number of benzene rings is 2. The standard InChI is InChI=1S/C20H21ClN4OS/c1-3-14(2)22-18(26)13-27-20-24-23-19(15-9-11-16(21)12-10-15)25(20)17-7-5-4-6-8-17/h4-12,14H,3,13H2,1-2H3,(H,22,26)/t14-/m1/s1. The lowest BCUT2D eigenvalue weighted by molar-refractivity contribution is -0.119. The van der Waals surface area contributed by atoms with Gasteiger partial charge in [0.15, 0.2) is 11.0 Å². The summed E-state index contributed by atoms with van der Waals surface area (Å²) in [4.78, 5) is 12.1. The van der Waals surface area contributed by atoms with Crippen LogP contribution in [0.4, 0.5) is 0 Å². The van der Waals surface area contributed by atoms with E-state index in [1.807, 2.05) is 73.0 Å². The average molecular weight is 401 g/mol. The van der Waals surface area contributed by atoms with Crippen LogP contribution < -0.4 is 5.32 Å². The van der Waals surface area contributed by atoms with E-state index in [-0.39, 0.29) is 17.7 Å². The molecule has 0 unspecified atom stereocenters. The van der Waals surface area contributed by atoms with E-state index in [1.54, 1.807) is 0 Å². The molecule has 1 heterocycles. The summed E-state index contributed by atoms with van der Waals surface area (Å²) in [5.74, 6) is 0.989. The molecule has 0 aliphatic heterocycles. The van der Waals surface area contributed by atoms with Crippen LogP contribution in [0, 0.1) is 0 Å². The van der Waals surface area contributed by atoms with Crippen molar-refractivity contribution in [2.24, 2.45) is 0 Å². The molecule has 5 nitrogen and oxygen atoms in total. The van der Waals surface area contributed by atoms with Crippen molar-refractivity contribution in [1.29, 1.82) is 0 Å². The van der Waals surface area contributed by atoms with Gasteiger partial charge in [-0.15, -0.1) is 10.2 Å². The highest BCUT2D eigenvalue weighted by Crippen LogP contribution is 2.28. The maximum atomic E-state index is 12.1. The molecule has 1 amide bonds. The number of carbonyl (C=O) groups excluding carboxylic acids is 1. The minimum Gasteiger partial charge on any atom is -0.353 e. The van der Waals surface area contributed by atoms with E-state index in [1.165, 1.54) is 11.8 Å². The van der Waals surface area contributed by atoms with E-state index in [9.17, 15) is 4.79 Å². The Morgan fingerprint density at radius 1 is 1.15 bits per heavy atom. The molecular weight excluding hydrogens is 380 g/mol. The lowest BCUT2D eigenvalue weighted by atomic mass is 10.2. The van der Waals surface area contributed by atoms with Crippen LogP contribution in [-0.4, -0.2) is 32.5 Å². The number of halogens is 1. The molecule has 0 fully saturated rings. The van der Waals surface area contributed by atoms with Crippen molar-refractivity contribution in [3.63, 3.8) is 0 Å². The van der Waals surface area contributed by atoms with E-state index >= 15 is 0 Å². The fourth-order valence-corrected chi connectivity index (χ4v) is 3.40. The molecule has 1 aromatic heterocycles. The molecule has 7 heteroatoms. The monoisotopic (exact) mass is 400 g/mol. The van der Waals surface area contributed by atoms with Gasteiger partial charge in [0.1, 0.15) is 0 Å². The molecule has 0 saturated carbocycles. The van der Waals surface area contributed by atoms with Gasteiger partial charge in [0.2, 0.25) is 5.91 Å². The molecule has 0 aliphatic rings. The first-order valence-electron chi connectivity index (χ1n) is 8.77. The molecule has 3 rings (SSSR count). The Morgan fingerprint density at radius 2 is 1.85 bits per heavy atom. The predicted octanol–water partition coefficient (Wildman–Crippen LogP) is 4.59. The molecule has 0 saturated heterocycles. The Kier molecular flexibility index (Phi) is 6.53. The molecule has 0 spiro atoms. The molecule has 0 radical (unpaired) electrons. The summed E-state index contributed by atoms with van der Waals surface area (Å²) in [5, 5.41) is 13.0. The van der Waals surface area contributed by atoms with Crippen LogP contribution in [-0.2, 0) is 4.79 Å². The average Bonchev–Trinajstić information content (AvgIpc) is 3.11. The summed E-state index contributed by atoms with van der Waals surface area (Å²) in [6, 6.07) is 17.5. The molecule has 0 aliphatic carbocycles. The van der Waals surface area contributed by atoms with Crippen LogP contribution >= 0.6 is 23.4 Å². The Balaban J connectivity index is 1.90. The third-order valence-electron chi connectivity index (χ3n) is 4.10. The molecular formula is C20H21ClN4OS. The lowest BCUT2D eigenvalue weighted by Gasteiger charge is -2.12. The van der Waals surface area contributed by atoms with E-state index < -0.39 is 0 Å². The Bertz CT molecular complexity index is 896. The van der Waals surface area contributed by atoms with Gasteiger partial charge in [-0.25, -0.2) is 0 Å². The fourth-order valence-electron chi connectivity index (χ4n) is 2.51. The van der Waals surface area contributed by atoms with Gasteiger partial charge in [-0.05, 0) is 49.7 Å². The number of para-hydroxylation sites is 1. The van der Waals surface area contributed by atoms with Crippen molar-refractivity contribution in [3.05, 3.63) is 59.6 Å². The number of aromatic nitrogens is 3. The Labute approximate surface area is 168 Å². The zero-order valence-electron chi connectivity index (χ0n) is 15.2. The first-order valence-corrected chi connectivity index (χ1v) is 10.1. The second kappa shape index (κ2) is 9.06. The highest BCUT2D eigenvalue weighted by Gasteiger charge is 2.17. The lowest BCUT2D eigenvalue weighted by Crippen LogP contribution is -2.33. The second-order valence-corrected chi connectivity index (χ2v) is 7.53. The maximum absolute atomic E-state index is 12.1. The minimum absolute atomic E-state index is 0.00925. The van der Waals surface area contributed by atoms with Gasteiger partial charge >= 0.3 is 0 Å². The topological polar surface area (TPSA) is 59.8 Å². The quantitative estimate of drug-likeness (QED) is 0.589. The SMILES string of the molecule is CC[C@@H](C)NC(=O)CSc1nnc(-c2ccc(Cl)cc2)n1-c1ccccc1. The van der Waals surface area contributed by atoms with E-state index in [0.717, 1.165) is 17.7 Å². The molecule has 3 aromatic rings. The van der Waals surface area contributed by atoms with Crippen LogP contribution in [0.3, 0.4) is 0 Å². The zero-order chi connectivity index (χ0) is 19.2. The third kappa shape index (κ3) is 4.90. The number of hydrogen-bond acceptors (Lipinski definition) is 4. The summed E-state index contributed by atoms with van der Waals surface area (Å²) in [5.41, 5.74) is 1.85. The number of hydrogen-bond donors (Lipinski definition) is 1. The van der Waals surface area contributed by atoms with Crippen molar-refractivity contribution < 1.29 is 4.79 Å². The highest BCUT2D eigenvalue weighted by molar-refractivity contribution is 7.99. The molecule has 1 atom stereocenters. The molecule has 2 aromatic carbocycles. The van der Waals surface area contributed by atoms with Crippen LogP contribution in [0.2, 0.25) is 5.02 Å². The Hall–Kier alpha value is -2.31. The largest absolute Gasteiger partial charge is 0.353 e. The number of nitrogens with one attached hydrogen (secondary N) is 1. The maximum Gasteiger partial charge on any atom is 0.230 e. The third-order valence-corrected chi connectivity index (χ3v) is 5.28. The number of rotatable bonds is 7. The smallest absolute Gasteiger partial charge is 0.230 e. The van der Waals surface area contributed by atoms with Crippen LogP contribution in [0.25, 0.3) is 17.1 Å². The van der Waals surface area contributed by atoms with Crippen molar-refractivity contribution in [2.75, 3.05) is 5.75 Å². The van der Waals surface area contributed by atoms with E-state index in [2.05, 4.69) is 15.5 Å². The van der Waals surface area contributed by atoms with Gasteiger partial charge in [-0.1, -0.05) is 48.5 Å². The normalized spacial score (nSPS) is 12.0. The summed E-state index contributed by atoms with van der Waals surface area (Å²) >= 11 is 7.38. The van der Waals surface area contributed by atoms with Crippen molar-refractivity contribution in [3.8, 4) is 17.1 Å². The molecule has 140 valence electrons. The number of carbonyl (C=O) groups is 1. The fraction of sp³-hybridized carbons (Fsp3) is 0.250. The number of amides is 1. The van der Waals surface area contributed by atoms with Gasteiger partial charge in [0, 0.05) is 22.3 Å². The highest BCUT2D eigenvalue weighted by atomic mass is 35.5.